The van der Waals surface area contributed by atoms with Gasteiger partial charge in [0.1, 0.15) is 0 Å². The van der Waals surface area contributed by atoms with E-state index in [0.29, 0.717) is 12.5 Å². The van der Waals surface area contributed by atoms with Crippen molar-refractivity contribution in [2.24, 2.45) is 5.92 Å². The Hall–Kier alpha value is -1.12. The lowest BCUT2D eigenvalue weighted by molar-refractivity contribution is 0.0986. The van der Waals surface area contributed by atoms with E-state index in [1.165, 1.54) is 37.8 Å². The molecule has 0 N–H and O–H groups in total. The van der Waals surface area contributed by atoms with Crippen LogP contribution < -0.4 is 0 Å². The Balaban J connectivity index is 2.47. The van der Waals surface area contributed by atoms with Crippen molar-refractivity contribution < 1.29 is 4.79 Å². The second-order valence-electron chi connectivity index (χ2n) is 6.22. The second-order valence-corrected chi connectivity index (χ2v) is 6.22. The molecule has 2 rings (SSSR count). The zero-order valence-corrected chi connectivity index (χ0v) is 14.1. The number of nitrogens with zero attached hydrogens (tertiary/aromatic N) is 2. The van der Waals surface area contributed by atoms with Gasteiger partial charge in [-0.1, -0.05) is 47.0 Å². The van der Waals surface area contributed by atoms with Crippen molar-refractivity contribution in [3.05, 3.63) is 17.0 Å². The minimum atomic E-state index is 0.263. The van der Waals surface area contributed by atoms with E-state index in [0.717, 1.165) is 30.0 Å². The van der Waals surface area contributed by atoms with Crippen LogP contribution in [0, 0.1) is 5.92 Å². The van der Waals surface area contributed by atoms with E-state index in [4.69, 9.17) is 5.10 Å². The average molecular weight is 290 g/mol. The second kappa shape index (κ2) is 7.24. The molecule has 1 saturated carbocycles. The quantitative estimate of drug-likeness (QED) is 0.709. The third-order valence-electron chi connectivity index (χ3n) is 5.06. The van der Waals surface area contributed by atoms with Gasteiger partial charge < -0.3 is 0 Å². The highest BCUT2D eigenvalue weighted by Gasteiger charge is 2.30. The van der Waals surface area contributed by atoms with Gasteiger partial charge in [-0.15, -0.1) is 0 Å². The number of carbonyl (C=O) groups is 1. The van der Waals surface area contributed by atoms with Crippen LogP contribution in [0.2, 0.25) is 0 Å². The Morgan fingerprint density at radius 1 is 1.14 bits per heavy atom. The molecule has 1 fully saturated rings. The molecule has 0 saturated heterocycles. The molecule has 3 nitrogen and oxygen atoms in total. The van der Waals surface area contributed by atoms with Crippen molar-refractivity contribution in [1.82, 2.24) is 9.78 Å². The maximum atomic E-state index is 12.4. The first-order chi connectivity index (χ1) is 10.2. The summed E-state index contributed by atoms with van der Waals surface area (Å²) in [6.07, 6.45) is 8.71. The summed E-state index contributed by atoms with van der Waals surface area (Å²) in [4.78, 5) is 12.4. The molecule has 1 aromatic heterocycles. The molecular weight excluding hydrogens is 260 g/mol. The van der Waals surface area contributed by atoms with Crippen LogP contribution in [0.3, 0.4) is 0 Å². The van der Waals surface area contributed by atoms with Crippen molar-refractivity contribution in [3.8, 4) is 0 Å². The maximum Gasteiger partial charge on any atom is 0.166 e. The molecule has 0 radical (unpaired) electrons. The lowest BCUT2D eigenvalue weighted by Crippen LogP contribution is -2.25. The van der Waals surface area contributed by atoms with Gasteiger partial charge in [0.25, 0.3) is 0 Å². The lowest BCUT2D eigenvalue weighted by Gasteiger charge is -2.32. The fourth-order valence-electron chi connectivity index (χ4n) is 3.87. The Labute approximate surface area is 129 Å². The average Bonchev–Trinajstić information content (AvgIpc) is 2.92. The first-order valence-corrected chi connectivity index (χ1v) is 8.81. The van der Waals surface area contributed by atoms with Crippen molar-refractivity contribution in [1.29, 1.82) is 0 Å². The molecule has 0 aromatic carbocycles. The van der Waals surface area contributed by atoms with Crippen LogP contribution in [0.1, 0.15) is 94.0 Å². The van der Waals surface area contributed by atoms with Crippen molar-refractivity contribution in [2.75, 3.05) is 0 Å². The number of rotatable bonds is 6. The Morgan fingerprint density at radius 3 is 2.43 bits per heavy atom. The van der Waals surface area contributed by atoms with Crippen LogP contribution in [0.4, 0.5) is 0 Å². The van der Waals surface area contributed by atoms with Crippen LogP contribution in [-0.4, -0.2) is 15.6 Å². The van der Waals surface area contributed by atoms with E-state index < -0.39 is 0 Å². The summed E-state index contributed by atoms with van der Waals surface area (Å²) in [6.45, 7) is 8.50. The third-order valence-corrected chi connectivity index (χ3v) is 5.06. The number of Topliss-reactive ketones (excluding diaryl/α,β-unsaturated/α-hetero) is 1. The number of hydrogen-bond donors (Lipinski definition) is 0. The van der Waals surface area contributed by atoms with Gasteiger partial charge in [-0.25, -0.2) is 0 Å². The minimum absolute atomic E-state index is 0.263. The van der Waals surface area contributed by atoms with Gasteiger partial charge >= 0.3 is 0 Å². The van der Waals surface area contributed by atoms with Crippen molar-refractivity contribution in [2.45, 2.75) is 85.1 Å². The topological polar surface area (TPSA) is 34.9 Å². The predicted molar refractivity (Wildman–Crippen MR) is 86.9 cm³/mol. The Kier molecular flexibility index (Phi) is 5.60. The fourth-order valence-corrected chi connectivity index (χ4v) is 3.87. The van der Waals surface area contributed by atoms with Gasteiger partial charge in [0, 0.05) is 12.1 Å². The molecule has 2 atom stereocenters. The molecule has 0 aliphatic heterocycles. The largest absolute Gasteiger partial charge is 0.294 e. The first-order valence-electron chi connectivity index (χ1n) is 8.81. The molecule has 3 heteroatoms. The zero-order valence-electron chi connectivity index (χ0n) is 14.1. The molecule has 1 aliphatic carbocycles. The van der Waals surface area contributed by atoms with Gasteiger partial charge in [0.05, 0.1) is 17.3 Å². The summed E-state index contributed by atoms with van der Waals surface area (Å²) < 4.78 is 2.25. The van der Waals surface area contributed by atoms with Gasteiger partial charge in [-0.2, -0.15) is 5.10 Å². The number of aromatic nitrogens is 2. The Bertz CT molecular complexity index is 490. The summed E-state index contributed by atoms with van der Waals surface area (Å²) in [5, 5.41) is 4.89. The highest BCUT2D eigenvalue weighted by Crippen LogP contribution is 2.37. The van der Waals surface area contributed by atoms with E-state index in [9.17, 15) is 4.79 Å². The SMILES string of the molecule is CCC(=O)c1c(CC)nn(C2CCCCC2CC)c1CC. The molecule has 21 heavy (non-hydrogen) atoms. The van der Waals surface area contributed by atoms with E-state index in [-0.39, 0.29) is 5.78 Å². The lowest BCUT2D eigenvalue weighted by atomic mass is 9.82. The molecular formula is C18H30N2O. The fraction of sp³-hybridized carbons (Fsp3) is 0.778. The smallest absolute Gasteiger partial charge is 0.166 e. The molecule has 118 valence electrons. The van der Waals surface area contributed by atoms with Crippen LogP contribution in [0.25, 0.3) is 0 Å². The van der Waals surface area contributed by atoms with Crippen LogP contribution >= 0.6 is 0 Å². The van der Waals surface area contributed by atoms with Crippen LogP contribution in [0.15, 0.2) is 0 Å². The standard InChI is InChI=1S/C18H30N2O/c1-5-13-11-9-10-12-16(13)20-15(7-3)18(17(21)8-4)14(6-2)19-20/h13,16H,5-12H2,1-4H3. The molecule has 0 spiro atoms. The summed E-state index contributed by atoms with van der Waals surface area (Å²) >= 11 is 0. The predicted octanol–water partition coefficient (Wildman–Crippen LogP) is 4.74. The molecule has 2 unspecified atom stereocenters. The highest BCUT2D eigenvalue weighted by molar-refractivity contribution is 5.98. The minimum Gasteiger partial charge on any atom is -0.294 e. The monoisotopic (exact) mass is 290 g/mol. The van der Waals surface area contributed by atoms with Crippen LogP contribution in [-0.2, 0) is 12.8 Å². The van der Waals surface area contributed by atoms with Crippen molar-refractivity contribution >= 4 is 5.78 Å². The summed E-state index contributed by atoms with van der Waals surface area (Å²) in [7, 11) is 0. The van der Waals surface area contributed by atoms with E-state index in [1.807, 2.05) is 6.92 Å². The first kappa shape index (κ1) is 16.3. The summed E-state index contributed by atoms with van der Waals surface area (Å²) in [5.41, 5.74) is 3.13. The molecule has 1 aromatic rings. The Morgan fingerprint density at radius 2 is 1.86 bits per heavy atom. The molecule has 0 amide bonds. The number of ketones is 1. The molecule has 0 bridgehead atoms. The van der Waals surface area contributed by atoms with E-state index in [1.54, 1.807) is 0 Å². The summed E-state index contributed by atoms with van der Waals surface area (Å²) in [6, 6.07) is 0.502. The zero-order chi connectivity index (χ0) is 15.4. The number of hydrogen-bond acceptors (Lipinski definition) is 2. The van der Waals surface area contributed by atoms with Gasteiger partial charge in [0.2, 0.25) is 0 Å². The summed E-state index contributed by atoms with van der Waals surface area (Å²) in [5.74, 6) is 0.983. The van der Waals surface area contributed by atoms with Gasteiger partial charge in [-0.05, 0) is 31.6 Å². The van der Waals surface area contributed by atoms with Crippen LogP contribution in [0.5, 0.6) is 0 Å². The molecule has 1 heterocycles. The van der Waals surface area contributed by atoms with E-state index >= 15 is 0 Å². The van der Waals surface area contributed by atoms with Gasteiger partial charge in [0.15, 0.2) is 5.78 Å². The number of carbonyl (C=O) groups excluding carboxylic acids is 1. The van der Waals surface area contributed by atoms with E-state index in [2.05, 4.69) is 25.5 Å². The van der Waals surface area contributed by atoms with Gasteiger partial charge in [-0.3, -0.25) is 9.48 Å². The van der Waals surface area contributed by atoms with Crippen molar-refractivity contribution in [3.63, 3.8) is 0 Å². The third kappa shape index (κ3) is 3.07. The maximum absolute atomic E-state index is 12.4. The highest BCUT2D eigenvalue weighted by atomic mass is 16.1. The normalized spacial score (nSPS) is 22.5. The molecule has 1 aliphatic rings. The number of aryl methyl sites for hydroxylation is 1.